The Bertz CT molecular complexity index is 406. The van der Waals surface area contributed by atoms with Crippen LogP contribution in [0.5, 0.6) is 0 Å². The zero-order valence-corrected chi connectivity index (χ0v) is 11.2. The van der Waals surface area contributed by atoms with Crippen molar-refractivity contribution in [1.29, 1.82) is 0 Å². The van der Waals surface area contributed by atoms with E-state index in [4.69, 9.17) is 22.7 Å². The Kier molecular flexibility index (Phi) is 5.02. The van der Waals surface area contributed by atoms with Crippen LogP contribution >= 0.6 is 12.2 Å². The van der Waals surface area contributed by atoms with Crippen LogP contribution in [0.25, 0.3) is 0 Å². The van der Waals surface area contributed by atoms with Crippen molar-refractivity contribution in [3.63, 3.8) is 0 Å². The van der Waals surface area contributed by atoms with E-state index in [0.29, 0.717) is 17.0 Å². The number of hydrogen-bond acceptors (Lipinski definition) is 2. The van der Waals surface area contributed by atoms with Gasteiger partial charge in [0.1, 0.15) is 10.8 Å². The second-order valence-corrected chi connectivity index (χ2v) is 4.87. The number of halogens is 1. The molecular formula is C13H18FNOS. The summed E-state index contributed by atoms with van der Waals surface area (Å²) in [5.41, 5.74) is 6.66. The highest BCUT2D eigenvalue weighted by Gasteiger charge is 2.10. The molecule has 0 aliphatic rings. The molecule has 0 heterocycles. The molecule has 0 amide bonds. The molecule has 1 aromatic carbocycles. The molecule has 94 valence electrons. The molecule has 0 saturated carbocycles. The Morgan fingerprint density at radius 2 is 2.06 bits per heavy atom. The molecule has 1 atom stereocenters. The fourth-order valence-electron chi connectivity index (χ4n) is 1.25. The summed E-state index contributed by atoms with van der Waals surface area (Å²) in [4.78, 5) is 0.267. The van der Waals surface area contributed by atoms with Gasteiger partial charge in [0.15, 0.2) is 0 Å². The van der Waals surface area contributed by atoms with E-state index >= 15 is 0 Å². The fourth-order valence-corrected chi connectivity index (χ4v) is 1.38. The van der Waals surface area contributed by atoms with Crippen molar-refractivity contribution in [3.05, 3.63) is 35.1 Å². The summed E-state index contributed by atoms with van der Waals surface area (Å²) in [5, 5.41) is 0. The van der Waals surface area contributed by atoms with Gasteiger partial charge in [-0.2, -0.15) is 0 Å². The van der Waals surface area contributed by atoms with Gasteiger partial charge in [0, 0.05) is 11.1 Å². The molecule has 1 rings (SSSR count). The lowest BCUT2D eigenvalue weighted by Crippen LogP contribution is -2.16. The first kappa shape index (κ1) is 14.1. The largest absolute Gasteiger partial charge is 0.389 e. The highest BCUT2D eigenvalue weighted by molar-refractivity contribution is 7.80. The van der Waals surface area contributed by atoms with Crippen LogP contribution in [0.3, 0.4) is 0 Å². The number of benzene rings is 1. The Morgan fingerprint density at radius 1 is 1.41 bits per heavy atom. The molecule has 0 bridgehead atoms. The summed E-state index contributed by atoms with van der Waals surface area (Å²) in [6.45, 7) is 6.33. The van der Waals surface area contributed by atoms with Crippen molar-refractivity contribution in [2.24, 2.45) is 11.7 Å². The van der Waals surface area contributed by atoms with Gasteiger partial charge < -0.3 is 10.5 Å². The predicted molar refractivity (Wildman–Crippen MR) is 71.4 cm³/mol. The van der Waals surface area contributed by atoms with E-state index in [-0.39, 0.29) is 23.5 Å². The number of rotatable bonds is 5. The first-order valence-corrected chi connectivity index (χ1v) is 6.02. The minimum absolute atomic E-state index is 0.0860. The summed E-state index contributed by atoms with van der Waals surface area (Å²) in [6, 6.07) is 4.59. The summed E-state index contributed by atoms with van der Waals surface area (Å²) < 4.78 is 19.1. The van der Waals surface area contributed by atoms with Crippen LogP contribution < -0.4 is 5.73 Å². The average molecular weight is 255 g/mol. The Hall–Kier alpha value is -1.00. The minimum atomic E-state index is -0.291. The van der Waals surface area contributed by atoms with Crippen LogP contribution in [-0.2, 0) is 11.3 Å². The van der Waals surface area contributed by atoms with Crippen LogP contribution in [0.15, 0.2) is 18.2 Å². The van der Waals surface area contributed by atoms with Gasteiger partial charge in [0.2, 0.25) is 0 Å². The molecule has 0 aliphatic carbocycles. The normalized spacial score (nSPS) is 12.8. The SMILES string of the molecule is CC(C)C(C)OCc1cc(C(N)=S)ccc1F. The Labute approximate surface area is 107 Å². The monoisotopic (exact) mass is 255 g/mol. The van der Waals surface area contributed by atoms with Crippen molar-refractivity contribution in [2.75, 3.05) is 0 Å². The Balaban J connectivity index is 2.76. The molecule has 0 saturated heterocycles. The quantitative estimate of drug-likeness (QED) is 0.821. The van der Waals surface area contributed by atoms with Crippen molar-refractivity contribution in [2.45, 2.75) is 33.5 Å². The van der Waals surface area contributed by atoms with Crippen LogP contribution in [0.4, 0.5) is 4.39 Å². The van der Waals surface area contributed by atoms with E-state index < -0.39 is 0 Å². The van der Waals surface area contributed by atoms with Crippen molar-refractivity contribution in [3.8, 4) is 0 Å². The topological polar surface area (TPSA) is 35.2 Å². The Morgan fingerprint density at radius 3 is 2.59 bits per heavy atom. The molecule has 0 spiro atoms. The number of ether oxygens (including phenoxy) is 1. The molecular weight excluding hydrogens is 237 g/mol. The first-order valence-electron chi connectivity index (χ1n) is 5.61. The van der Waals surface area contributed by atoms with Crippen molar-refractivity contribution < 1.29 is 9.13 Å². The summed E-state index contributed by atoms with van der Waals surface area (Å²) in [5.74, 6) is 0.109. The zero-order chi connectivity index (χ0) is 13.0. The standard InChI is InChI=1S/C13H18FNOS/c1-8(2)9(3)16-7-11-6-10(13(15)17)4-5-12(11)14/h4-6,8-9H,7H2,1-3H3,(H2,15,17). The molecule has 2 N–H and O–H groups in total. The number of nitrogens with two attached hydrogens (primary N) is 1. The van der Waals surface area contributed by atoms with E-state index in [2.05, 4.69) is 13.8 Å². The van der Waals surface area contributed by atoms with E-state index in [9.17, 15) is 4.39 Å². The molecule has 0 aliphatic heterocycles. The predicted octanol–water partition coefficient (Wildman–Crippen LogP) is 3.02. The van der Waals surface area contributed by atoms with Gasteiger partial charge in [-0.25, -0.2) is 4.39 Å². The van der Waals surface area contributed by atoms with Crippen LogP contribution in [0, 0.1) is 11.7 Å². The van der Waals surface area contributed by atoms with Crippen LogP contribution in [0.1, 0.15) is 31.9 Å². The van der Waals surface area contributed by atoms with Crippen molar-refractivity contribution in [1.82, 2.24) is 0 Å². The molecule has 4 heteroatoms. The first-order chi connectivity index (χ1) is 7.91. The third kappa shape index (κ3) is 4.06. The second-order valence-electron chi connectivity index (χ2n) is 4.43. The van der Waals surface area contributed by atoms with Gasteiger partial charge in [-0.3, -0.25) is 0 Å². The van der Waals surface area contributed by atoms with Gasteiger partial charge in [0.05, 0.1) is 12.7 Å². The lowest BCUT2D eigenvalue weighted by Gasteiger charge is -2.17. The maximum Gasteiger partial charge on any atom is 0.128 e. The van der Waals surface area contributed by atoms with E-state index in [1.165, 1.54) is 6.07 Å². The highest BCUT2D eigenvalue weighted by atomic mass is 32.1. The van der Waals surface area contributed by atoms with Gasteiger partial charge >= 0.3 is 0 Å². The van der Waals surface area contributed by atoms with Crippen molar-refractivity contribution >= 4 is 17.2 Å². The van der Waals surface area contributed by atoms with Gasteiger partial charge in [-0.05, 0) is 31.0 Å². The molecule has 0 aromatic heterocycles. The highest BCUT2D eigenvalue weighted by Crippen LogP contribution is 2.14. The molecule has 0 radical (unpaired) electrons. The maximum atomic E-state index is 13.5. The number of hydrogen-bond donors (Lipinski definition) is 1. The lowest BCUT2D eigenvalue weighted by molar-refractivity contribution is 0.0221. The summed E-state index contributed by atoms with van der Waals surface area (Å²) >= 11 is 4.86. The molecule has 1 aromatic rings. The van der Waals surface area contributed by atoms with Crippen LogP contribution in [0.2, 0.25) is 0 Å². The third-order valence-corrected chi connectivity index (χ3v) is 3.01. The van der Waals surface area contributed by atoms with E-state index in [1.807, 2.05) is 6.92 Å². The zero-order valence-electron chi connectivity index (χ0n) is 10.4. The third-order valence-electron chi connectivity index (χ3n) is 2.77. The minimum Gasteiger partial charge on any atom is -0.389 e. The molecule has 2 nitrogen and oxygen atoms in total. The van der Waals surface area contributed by atoms with Gasteiger partial charge in [0.25, 0.3) is 0 Å². The maximum absolute atomic E-state index is 13.5. The fraction of sp³-hybridized carbons (Fsp3) is 0.462. The number of thiocarbonyl (C=S) groups is 1. The molecule has 1 unspecified atom stereocenters. The molecule has 17 heavy (non-hydrogen) atoms. The lowest BCUT2D eigenvalue weighted by atomic mass is 10.1. The molecule has 0 fully saturated rings. The van der Waals surface area contributed by atoms with Crippen LogP contribution in [-0.4, -0.2) is 11.1 Å². The second kappa shape index (κ2) is 6.07. The summed E-state index contributed by atoms with van der Waals surface area (Å²) in [6.07, 6.45) is 0.0860. The van der Waals surface area contributed by atoms with E-state index in [0.717, 1.165) is 0 Å². The van der Waals surface area contributed by atoms with Gasteiger partial charge in [-0.1, -0.05) is 26.1 Å². The van der Waals surface area contributed by atoms with Gasteiger partial charge in [-0.15, -0.1) is 0 Å². The average Bonchev–Trinajstić information content (AvgIpc) is 2.26. The smallest absolute Gasteiger partial charge is 0.128 e. The van der Waals surface area contributed by atoms with E-state index in [1.54, 1.807) is 12.1 Å². The summed E-state index contributed by atoms with van der Waals surface area (Å²) in [7, 11) is 0.